The topological polar surface area (TPSA) is 305 Å². The molecule has 6 aliphatic rings. The molecular weight excluding hydrogens is 1730 g/mol. The highest BCUT2D eigenvalue weighted by Gasteiger charge is 2.47. The third kappa shape index (κ3) is 21.2. The third-order valence-corrected chi connectivity index (χ3v) is 29.5. The van der Waals surface area contributed by atoms with Gasteiger partial charge in [0.05, 0.1) is 117 Å². The molecule has 9 aromatic carbocycles. The molecule has 16 rings (SSSR count). The van der Waals surface area contributed by atoms with E-state index in [1.165, 1.54) is 45.6 Å². The molecule has 0 saturated carbocycles. The number of nitrogens with one attached hydrogen (secondary N) is 2. The number of nitrogens with zero attached hydrogens (tertiary/aromatic N) is 9. The molecule has 28 nitrogen and oxygen atoms in total. The summed E-state index contributed by atoms with van der Waals surface area (Å²) in [5, 5.41) is 1.71. The molecule has 0 aliphatic carbocycles. The zero-order valence-corrected chi connectivity index (χ0v) is 78.9. The number of benzene rings is 9. The van der Waals surface area contributed by atoms with Crippen molar-refractivity contribution in [3.8, 4) is 34.5 Å². The minimum absolute atomic E-state index is 0.143. The summed E-state index contributed by atoms with van der Waals surface area (Å²) < 4.78 is 87.0. The van der Waals surface area contributed by atoms with E-state index in [9.17, 15) is 45.6 Å². The lowest BCUT2D eigenvalue weighted by Gasteiger charge is -2.39. The summed E-state index contributed by atoms with van der Waals surface area (Å²) in [5.41, 5.74) is 16.8. The van der Waals surface area contributed by atoms with Crippen LogP contribution in [0.1, 0.15) is 191 Å². The Balaban J connectivity index is 0.000000160. The number of methoxy groups -OCH3 is 6. The number of hydrogen-bond acceptors (Lipinski definition) is 24. The highest BCUT2D eigenvalue weighted by atomic mass is 32.2. The highest BCUT2D eigenvalue weighted by molar-refractivity contribution is 7.91. The van der Waals surface area contributed by atoms with Gasteiger partial charge in [-0.2, -0.15) is 0 Å². The molecular formula is C101H118N12O16S3. The van der Waals surface area contributed by atoms with E-state index in [-0.39, 0.29) is 64.8 Å². The van der Waals surface area contributed by atoms with Crippen LogP contribution in [0.25, 0.3) is 0 Å². The van der Waals surface area contributed by atoms with Crippen LogP contribution in [0.4, 0.5) is 17.1 Å². The highest BCUT2D eigenvalue weighted by Crippen LogP contribution is 2.46. The van der Waals surface area contributed by atoms with Crippen LogP contribution in [0.2, 0.25) is 0 Å². The largest absolute Gasteiger partial charge is 0.493 e. The number of imide groups is 3. The summed E-state index contributed by atoms with van der Waals surface area (Å²) in [6, 6.07) is 66.5. The molecule has 6 atom stereocenters. The maximum absolute atomic E-state index is 14.4. The number of nitrogens with two attached hydrogens (primary N) is 1. The van der Waals surface area contributed by atoms with Crippen molar-refractivity contribution < 1.29 is 74.0 Å². The van der Waals surface area contributed by atoms with Crippen LogP contribution < -0.4 is 58.3 Å². The number of rotatable bonds is 35. The molecule has 4 N–H and O–H groups in total. The number of thiophene rings is 1. The molecule has 3 fully saturated rings. The van der Waals surface area contributed by atoms with Gasteiger partial charge in [-0.1, -0.05) is 133 Å². The number of anilines is 3. The van der Waals surface area contributed by atoms with E-state index in [0.29, 0.717) is 130 Å². The van der Waals surface area contributed by atoms with Crippen molar-refractivity contribution in [1.29, 1.82) is 0 Å². The fourth-order valence-electron chi connectivity index (χ4n) is 18.7. The predicted octanol–water partition coefficient (Wildman–Crippen LogP) is 14.7. The molecule has 0 spiro atoms. The minimum atomic E-state index is -3.65. The Morgan fingerprint density at radius 1 is 0.341 bits per heavy atom. The lowest BCUT2D eigenvalue weighted by Crippen LogP contribution is -2.47. The molecule has 1 aromatic heterocycles. The van der Waals surface area contributed by atoms with E-state index in [4.69, 9.17) is 34.2 Å². The van der Waals surface area contributed by atoms with Crippen molar-refractivity contribution in [1.82, 2.24) is 38.8 Å². The first-order valence-electron chi connectivity index (χ1n) is 44.8. The van der Waals surface area contributed by atoms with Gasteiger partial charge >= 0.3 is 0 Å². The van der Waals surface area contributed by atoms with Gasteiger partial charge in [0.2, 0.25) is 20.0 Å². The monoisotopic (exact) mass is 1850 g/mol. The first kappa shape index (κ1) is 96.0. The fraction of sp³-hybridized carbons (Fsp3) is 0.366. The Morgan fingerprint density at radius 2 is 0.644 bits per heavy atom. The maximum Gasteiger partial charge on any atom is 0.264 e. The molecule has 0 bridgehead atoms. The van der Waals surface area contributed by atoms with Gasteiger partial charge < -0.3 is 48.9 Å². The van der Waals surface area contributed by atoms with Crippen LogP contribution >= 0.6 is 11.3 Å². The van der Waals surface area contributed by atoms with E-state index >= 15 is 0 Å². The molecule has 3 unspecified atom stereocenters. The van der Waals surface area contributed by atoms with Gasteiger partial charge in [-0.05, 0) is 183 Å². The van der Waals surface area contributed by atoms with Crippen LogP contribution in [0, 0.1) is 0 Å². The van der Waals surface area contributed by atoms with Gasteiger partial charge in [-0.15, -0.1) is 11.3 Å². The van der Waals surface area contributed by atoms with Crippen molar-refractivity contribution in [2.24, 2.45) is 5.73 Å². The second-order valence-electron chi connectivity index (χ2n) is 33.5. The molecule has 696 valence electrons. The summed E-state index contributed by atoms with van der Waals surface area (Å²) in [7, 11) is 2.27. The second kappa shape index (κ2) is 43.5. The first-order valence-corrected chi connectivity index (χ1v) is 49.1. The molecule has 0 radical (unpaired) electrons. The number of hydrogen-bond donors (Lipinski definition) is 3. The normalized spacial score (nSPS) is 16.9. The van der Waals surface area contributed by atoms with E-state index in [1.54, 1.807) is 88.4 Å². The molecule has 6 amide bonds. The Hall–Kier alpha value is -12.0. The smallest absolute Gasteiger partial charge is 0.264 e. The van der Waals surface area contributed by atoms with Crippen molar-refractivity contribution in [3.05, 3.63) is 284 Å². The third-order valence-electron chi connectivity index (χ3n) is 25.9. The summed E-state index contributed by atoms with van der Waals surface area (Å²) in [4.78, 5) is 103. The molecule has 7 heterocycles. The van der Waals surface area contributed by atoms with E-state index in [1.807, 2.05) is 84.9 Å². The number of carbonyl (C=O) groups excluding carboxylic acids is 6. The number of sulfonamides is 2. The molecule has 10 aromatic rings. The van der Waals surface area contributed by atoms with Crippen molar-refractivity contribution in [2.75, 3.05) is 162 Å². The van der Waals surface area contributed by atoms with Crippen LogP contribution in [0.3, 0.4) is 0 Å². The zero-order valence-electron chi connectivity index (χ0n) is 76.5. The maximum atomic E-state index is 14.4. The summed E-state index contributed by atoms with van der Waals surface area (Å²) in [5.74, 6) is 1.18. The lowest BCUT2D eigenvalue weighted by atomic mass is 9.99. The van der Waals surface area contributed by atoms with Crippen molar-refractivity contribution >= 4 is 83.9 Å². The Bertz CT molecular complexity index is 5960. The molecule has 6 aliphatic heterocycles. The SMILES string of the molecule is COc1ccc(C(CCCN)N2C(=O)c3cccc(N4CCN([C@H](C)c5ccccc5)CC4)c3C2=O)cc1OC.COc1ccc(C(CCCNS(=O)(=O)c2cccs2)N2C(=O)c3cccc(N4CCN([C@H](C)c5ccccc5)CC4)c3C2=O)cc1OC.COc1ccc(C(CCCNS(C)(=O)=O)N2C(=O)c3cccc(N4CCN([C@H](C)c5ccccc5)CC4)c3C2=O)cc1OC. The number of carbonyl (C=O) groups is 6. The lowest BCUT2D eigenvalue weighted by molar-refractivity contribution is 0.0557. The van der Waals surface area contributed by atoms with Crippen molar-refractivity contribution in [2.45, 2.75) is 99.8 Å². The fourth-order valence-corrected chi connectivity index (χ4v) is 21.4. The summed E-state index contributed by atoms with van der Waals surface area (Å²) >= 11 is 1.15. The van der Waals surface area contributed by atoms with Crippen LogP contribution in [-0.4, -0.2) is 229 Å². The number of piperazine rings is 3. The number of ether oxygens (including phenoxy) is 6. The minimum Gasteiger partial charge on any atom is -0.493 e. The van der Waals surface area contributed by atoms with Gasteiger partial charge in [0, 0.05) is 110 Å². The van der Waals surface area contributed by atoms with E-state index < -0.39 is 38.2 Å². The van der Waals surface area contributed by atoms with Gasteiger partial charge in [0.1, 0.15) is 4.21 Å². The standard InChI is InChI=1S/C36H40N4O6S2.C33H40N4O6S.C32H38N4O4/c1-25(26-10-5-4-6-11-26)38-19-21-39(22-20-38)30-13-7-12-28-34(30)36(42)40(35(28)41)29(27-16-17-31(45-2)32(24-27)46-3)14-8-18-37-48(43,44)33-15-9-23-47-33;1-23(24-10-6-5-7-11-24)35-18-20-36(21-19-35)28-13-8-12-26-31(28)33(39)37(32(26)38)27(14-9-17-34-44(4,40)41)25-15-16-29(42-2)30(22-25)43-3;1-22(23-9-5-4-6-10-23)34-17-19-35(20-18-34)27-12-7-11-25-30(27)32(38)36(31(25)37)26(13-8-16-33)24-14-15-28(39-2)29(21-24)40-3/h4-7,9-13,15-17,23-25,29,37H,8,14,18-22H2,1-3H3;5-8,10-13,15-16,22-23,27,34H,9,14,17-21H2,1-4H3;4-7,9-12,14-15,21-22,26H,8,13,16-20,33H2,1-3H3/t25-,29?;23-,27?;22-,26?/m111/s1. The number of amides is 6. The zero-order chi connectivity index (χ0) is 93.5. The quantitative estimate of drug-likeness (QED) is 0.0245. The summed E-state index contributed by atoms with van der Waals surface area (Å²) in [6.45, 7) is 16.9. The van der Waals surface area contributed by atoms with Crippen LogP contribution in [0.15, 0.2) is 222 Å². The average molecular weight is 1850 g/mol. The Morgan fingerprint density at radius 3 is 0.924 bits per heavy atom. The Kier molecular flexibility index (Phi) is 31.7. The molecule has 132 heavy (non-hydrogen) atoms. The summed E-state index contributed by atoms with van der Waals surface area (Å²) in [6.07, 6.45) is 3.81. The number of fused-ring (bicyclic) bond motifs is 3. The second-order valence-corrected chi connectivity index (χ2v) is 38.2. The van der Waals surface area contributed by atoms with Gasteiger partial charge in [-0.25, -0.2) is 26.3 Å². The van der Waals surface area contributed by atoms with Crippen LogP contribution in [-0.2, 0) is 20.0 Å². The Labute approximate surface area is 778 Å². The molecule has 31 heteroatoms. The van der Waals surface area contributed by atoms with Crippen LogP contribution in [0.5, 0.6) is 34.5 Å². The van der Waals surface area contributed by atoms with E-state index in [2.05, 4.69) is 132 Å². The van der Waals surface area contributed by atoms with Gasteiger partial charge in [-0.3, -0.25) is 58.2 Å². The van der Waals surface area contributed by atoms with Crippen molar-refractivity contribution in [3.63, 3.8) is 0 Å². The first-order chi connectivity index (χ1) is 63.8. The predicted molar refractivity (Wildman–Crippen MR) is 513 cm³/mol. The molecule has 3 saturated heterocycles. The van der Waals surface area contributed by atoms with Gasteiger partial charge in [0.25, 0.3) is 35.4 Å². The average Bonchev–Trinajstić information content (AvgIpc) is 1.60. The van der Waals surface area contributed by atoms with E-state index in [0.717, 1.165) is 119 Å². The van der Waals surface area contributed by atoms with Gasteiger partial charge in [0.15, 0.2) is 34.5 Å².